The van der Waals surface area contributed by atoms with E-state index in [1.807, 2.05) is 12.1 Å². The summed E-state index contributed by atoms with van der Waals surface area (Å²) in [6, 6.07) is 15.2. The quantitative estimate of drug-likeness (QED) is 0.665. The van der Waals surface area contributed by atoms with Crippen LogP contribution in [-0.2, 0) is 6.54 Å². The lowest BCUT2D eigenvalue weighted by molar-refractivity contribution is -0.385. The molecule has 4 heteroatoms. The Bertz CT molecular complexity index is 611. The Morgan fingerprint density at radius 3 is 2.65 bits per heavy atom. The van der Waals surface area contributed by atoms with Crippen molar-refractivity contribution >= 4 is 5.69 Å². The van der Waals surface area contributed by atoms with E-state index in [9.17, 15) is 10.1 Å². The molecule has 0 spiro atoms. The number of aryl methyl sites for hydroxylation is 1. The Hall–Kier alpha value is -2.20. The van der Waals surface area contributed by atoms with Gasteiger partial charge in [0.1, 0.15) is 0 Å². The molecule has 4 nitrogen and oxygen atoms in total. The number of hydrogen-bond acceptors (Lipinski definition) is 3. The van der Waals surface area contributed by atoms with E-state index in [4.69, 9.17) is 0 Å². The molecule has 0 bridgehead atoms. The average Bonchev–Trinajstić information content (AvgIpc) is 2.45. The minimum Gasteiger partial charge on any atom is -0.306 e. The van der Waals surface area contributed by atoms with Crippen LogP contribution >= 0.6 is 0 Å². The number of nitro benzene ring substituents is 1. The van der Waals surface area contributed by atoms with Crippen molar-refractivity contribution in [3.05, 3.63) is 75.3 Å². The zero-order valence-corrected chi connectivity index (χ0v) is 11.7. The highest BCUT2D eigenvalue weighted by molar-refractivity contribution is 5.39. The van der Waals surface area contributed by atoms with Crippen LogP contribution in [0.3, 0.4) is 0 Å². The highest BCUT2D eigenvalue weighted by Crippen LogP contribution is 2.19. The van der Waals surface area contributed by atoms with Crippen molar-refractivity contribution in [2.24, 2.45) is 0 Å². The third-order valence-corrected chi connectivity index (χ3v) is 3.33. The van der Waals surface area contributed by atoms with Gasteiger partial charge in [0.15, 0.2) is 0 Å². The van der Waals surface area contributed by atoms with Crippen molar-refractivity contribution in [2.75, 3.05) is 0 Å². The van der Waals surface area contributed by atoms with Crippen molar-refractivity contribution in [3.63, 3.8) is 0 Å². The molecule has 20 heavy (non-hydrogen) atoms. The maximum Gasteiger partial charge on any atom is 0.273 e. The van der Waals surface area contributed by atoms with Crippen LogP contribution in [0, 0.1) is 17.0 Å². The molecule has 0 heterocycles. The van der Waals surface area contributed by atoms with Crippen molar-refractivity contribution in [3.8, 4) is 0 Å². The maximum atomic E-state index is 11.0. The van der Waals surface area contributed by atoms with Gasteiger partial charge in [-0.25, -0.2) is 0 Å². The minimum absolute atomic E-state index is 0.148. The normalized spacial score (nSPS) is 12.1. The van der Waals surface area contributed by atoms with Crippen molar-refractivity contribution < 1.29 is 4.92 Å². The smallest absolute Gasteiger partial charge is 0.273 e. The third-order valence-electron chi connectivity index (χ3n) is 3.33. The first-order valence-electron chi connectivity index (χ1n) is 6.60. The molecule has 0 aliphatic carbocycles. The van der Waals surface area contributed by atoms with E-state index in [1.165, 1.54) is 17.2 Å². The molecule has 1 N–H and O–H groups in total. The summed E-state index contributed by atoms with van der Waals surface area (Å²) in [6.07, 6.45) is 0. The highest BCUT2D eigenvalue weighted by atomic mass is 16.6. The van der Waals surface area contributed by atoms with E-state index in [2.05, 4.69) is 37.4 Å². The predicted molar refractivity (Wildman–Crippen MR) is 79.5 cm³/mol. The zero-order chi connectivity index (χ0) is 14.5. The van der Waals surface area contributed by atoms with Crippen LogP contribution in [-0.4, -0.2) is 4.92 Å². The summed E-state index contributed by atoms with van der Waals surface area (Å²) in [5.74, 6) is 0. The topological polar surface area (TPSA) is 55.2 Å². The van der Waals surface area contributed by atoms with Gasteiger partial charge in [-0.15, -0.1) is 0 Å². The predicted octanol–water partition coefficient (Wildman–Crippen LogP) is 3.75. The van der Waals surface area contributed by atoms with Crippen molar-refractivity contribution in [1.82, 2.24) is 5.32 Å². The molecular formula is C16H18N2O2. The fourth-order valence-corrected chi connectivity index (χ4v) is 2.16. The molecule has 0 saturated heterocycles. The Morgan fingerprint density at radius 2 is 1.95 bits per heavy atom. The lowest BCUT2D eigenvalue weighted by Crippen LogP contribution is -2.18. The standard InChI is InChI=1S/C16H18N2O2/c1-12-6-5-8-14(10-12)13(2)17-11-15-7-3-4-9-16(15)18(19)20/h3-10,13,17H,11H2,1-2H3/t13-/m0/s1. The first-order chi connectivity index (χ1) is 9.58. The van der Waals surface area contributed by atoms with Crippen molar-refractivity contribution in [1.29, 1.82) is 0 Å². The van der Waals surface area contributed by atoms with E-state index in [0.29, 0.717) is 12.1 Å². The van der Waals surface area contributed by atoms with Gasteiger partial charge in [0.25, 0.3) is 5.69 Å². The second kappa shape index (κ2) is 6.30. The van der Waals surface area contributed by atoms with Gasteiger partial charge in [0, 0.05) is 24.2 Å². The number of benzene rings is 2. The molecule has 2 aromatic rings. The third kappa shape index (κ3) is 3.42. The van der Waals surface area contributed by atoms with E-state index >= 15 is 0 Å². The lowest BCUT2D eigenvalue weighted by atomic mass is 10.1. The summed E-state index contributed by atoms with van der Waals surface area (Å²) < 4.78 is 0. The number of hydrogen-bond donors (Lipinski definition) is 1. The van der Waals surface area contributed by atoms with Gasteiger partial charge in [-0.1, -0.05) is 48.0 Å². The number of para-hydroxylation sites is 1. The Balaban J connectivity index is 2.07. The van der Waals surface area contributed by atoms with Crippen LogP contribution in [0.4, 0.5) is 5.69 Å². The number of nitro groups is 1. The average molecular weight is 270 g/mol. The van der Waals surface area contributed by atoms with Gasteiger partial charge >= 0.3 is 0 Å². The van der Waals surface area contributed by atoms with Crippen molar-refractivity contribution in [2.45, 2.75) is 26.4 Å². The van der Waals surface area contributed by atoms with Gasteiger partial charge in [-0.05, 0) is 19.4 Å². The Morgan fingerprint density at radius 1 is 1.20 bits per heavy atom. The molecule has 0 fully saturated rings. The number of rotatable bonds is 5. The summed E-state index contributed by atoms with van der Waals surface area (Å²) >= 11 is 0. The lowest BCUT2D eigenvalue weighted by Gasteiger charge is -2.15. The molecule has 0 aromatic heterocycles. The molecule has 2 aromatic carbocycles. The first-order valence-corrected chi connectivity index (χ1v) is 6.60. The van der Waals surface area contributed by atoms with E-state index < -0.39 is 0 Å². The molecule has 1 atom stereocenters. The first kappa shape index (κ1) is 14.2. The summed E-state index contributed by atoms with van der Waals surface area (Å²) in [7, 11) is 0. The fourth-order valence-electron chi connectivity index (χ4n) is 2.16. The maximum absolute atomic E-state index is 11.0. The van der Waals surface area contributed by atoms with Gasteiger partial charge in [0.05, 0.1) is 4.92 Å². The SMILES string of the molecule is Cc1cccc([C@H](C)NCc2ccccc2[N+](=O)[O-])c1. The Labute approximate surface area is 118 Å². The molecule has 2 rings (SSSR count). The minimum atomic E-state index is -0.339. The van der Waals surface area contributed by atoms with Gasteiger partial charge in [-0.3, -0.25) is 10.1 Å². The second-order valence-corrected chi connectivity index (χ2v) is 4.90. The van der Waals surface area contributed by atoms with Crippen LogP contribution in [0.5, 0.6) is 0 Å². The summed E-state index contributed by atoms with van der Waals surface area (Å²) in [4.78, 5) is 10.6. The molecule has 0 aliphatic rings. The van der Waals surface area contributed by atoms with Crippen LogP contribution in [0.15, 0.2) is 48.5 Å². The van der Waals surface area contributed by atoms with E-state index in [0.717, 1.165) is 0 Å². The van der Waals surface area contributed by atoms with Crippen LogP contribution in [0.2, 0.25) is 0 Å². The molecule has 0 saturated carbocycles. The van der Waals surface area contributed by atoms with Gasteiger partial charge < -0.3 is 5.32 Å². The van der Waals surface area contributed by atoms with Gasteiger partial charge in [0.2, 0.25) is 0 Å². The largest absolute Gasteiger partial charge is 0.306 e. The highest BCUT2D eigenvalue weighted by Gasteiger charge is 2.13. The zero-order valence-electron chi connectivity index (χ0n) is 11.7. The summed E-state index contributed by atoms with van der Waals surface area (Å²) in [5, 5.41) is 14.3. The monoisotopic (exact) mass is 270 g/mol. The summed E-state index contributed by atoms with van der Waals surface area (Å²) in [5.41, 5.74) is 3.26. The Kier molecular flexibility index (Phi) is 4.48. The number of nitrogens with zero attached hydrogens (tertiary/aromatic N) is 1. The van der Waals surface area contributed by atoms with E-state index in [1.54, 1.807) is 12.1 Å². The van der Waals surface area contributed by atoms with Crippen LogP contribution < -0.4 is 5.32 Å². The molecule has 0 radical (unpaired) electrons. The van der Waals surface area contributed by atoms with Crippen LogP contribution in [0.25, 0.3) is 0 Å². The second-order valence-electron chi connectivity index (χ2n) is 4.90. The molecule has 0 unspecified atom stereocenters. The summed E-state index contributed by atoms with van der Waals surface area (Å²) in [6.45, 7) is 4.59. The molecule has 104 valence electrons. The molecule has 0 aliphatic heterocycles. The number of nitrogens with one attached hydrogen (secondary N) is 1. The van der Waals surface area contributed by atoms with Crippen LogP contribution in [0.1, 0.15) is 29.7 Å². The molecule has 0 amide bonds. The van der Waals surface area contributed by atoms with Gasteiger partial charge in [-0.2, -0.15) is 0 Å². The van der Waals surface area contributed by atoms with E-state index in [-0.39, 0.29) is 16.7 Å². The fraction of sp³-hybridized carbons (Fsp3) is 0.250. The molecular weight excluding hydrogens is 252 g/mol.